The second-order valence-electron chi connectivity index (χ2n) is 2.61. The third-order valence-corrected chi connectivity index (χ3v) is 2.68. The Morgan fingerprint density at radius 3 is 3.54 bits per heavy atom. The van der Waals surface area contributed by atoms with Crippen LogP contribution in [-0.4, -0.2) is 47.5 Å². The Balaban J connectivity index is 2.16. The minimum atomic E-state index is -1.31. The number of ether oxygens (including phenoxy) is 2. The standard InChI is InChI=1S/C6H13BO4PS/c1-9-6-2-4(8)5(11-6)3-10-13-12-7/h4-8,12H,2-3H2,1H3/t4-,5?,6?,12?/m0/s1/i7T,12D. The van der Waals surface area contributed by atoms with E-state index in [0.717, 1.165) is 19.2 Å². The molecule has 1 rings (SSSR count). The molecule has 0 aliphatic carbocycles. The minimum absolute atomic E-state index is 0.206. The lowest BCUT2D eigenvalue weighted by molar-refractivity contribution is -0.123. The Hall–Kier alpha value is 0.685. The maximum Gasteiger partial charge on any atom is 0.160 e. The maximum atomic E-state index is 9.53. The summed E-state index contributed by atoms with van der Waals surface area (Å²) in [6.45, 7) is 0.206. The van der Waals surface area contributed by atoms with Gasteiger partial charge in [0.05, 0.1) is 14.0 Å². The molecule has 1 saturated heterocycles. The highest BCUT2D eigenvalue weighted by Crippen LogP contribution is 2.27. The Morgan fingerprint density at radius 1 is 2.08 bits per heavy atom. The van der Waals surface area contributed by atoms with Crippen LogP contribution in [0.1, 0.15) is 6.42 Å². The van der Waals surface area contributed by atoms with Gasteiger partial charge in [-0.3, -0.25) is 0 Å². The third kappa shape index (κ3) is 3.74. The monoisotopic (exact) mass is 226 g/mol. The van der Waals surface area contributed by atoms with Crippen molar-refractivity contribution in [2.24, 2.45) is 0 Å². The van der Waals surface area contributed by atoms with Crippen molar-refractivity contribution in [2.45, 2.75) is 24.9 Å². The molecule has 0 bridgehead atoms. The summed E-state index contributed by atoms with van der Waals surface area (Å²) < 4.78 is 29.4. The Labute approximate surface area is 87.4 Å². The molecular weight excluding hydrogens is 210 g/mol. The summed E-state index contributed by atoms with van der Waals surface area (Å²) in [5.74, 6) is 0. The molecule has 13 heavy (non-hydrogen) atoms. The molecule has 4 nitrogen and oxygen atoms in total. The average molecular weight is 226 g/mol. The van der Waals surface area contributed by atoms with Gasteiger partial charge in [0.25, 0.3) is 0 Å². The van der Waals surface area contributed by atoms with Crippen molar-refractivity contribution >= 4 is 26.8 Å². The van der Waals surface area contributed by atoms with Gasteiger partial charge >= 0.3 is 0 Å². The molecule has 0 aromatic carbocycles. The van der Waals surface area contributed by atoms with E-state index in [9.17, 15) is 5.11 Å². The van der Waals surface area contributed by atoms with E-state index in [1.54, 1.807) is 0 Å². The van der Waals surface area contributed by atoms with Crippen molar-refractivity contribution in [1.29, 1.82) is 2.61 Å². The van der Waals surface area contributed by atoms with Gasteiger partial charge < -0.3 is 18.8 Å². The number of hydrogen-bond donors (Lipinski definition) is 1. The predicted molar refractivity (Wildman–Crippen MR) is 55.3 cm³/mol. The summed E-state index contributed by atoms with van der Waals surface area (Å²) in [4.78, 5) is 0. The zero-order valence-electron chi connectivity index (χ0n) is 9.25. The predicted octanol–water partition coefficient (Wildman–Crippen LogP) is 0.183. The van der Waals surface area contributed by atoms with E-state index in [2.05, 4.69) is 0 Å². The summed E-state index contributed by atoms with van der Waals surface area (Å²) in [5.41, 5.74) is 0. The molecule has 1 radical (unpaired) electrons. The topological polar surface area (TPSA) is 47.9 Å². The molecule has 75 valence electrons. The summed E-state index contributed by atoms with van der Waals surface area (Å²) in [5, 5.41) is 9.53. The van der Waals surface area contributed by atoms with Gasteiger partial charge in [0, 0.05) is 25.2 Å². The molecule has 0 amide bonds. The van der Waals surface area contributed by atoms with Gasteiger partial charge in [-0.25, -0.2) is 0 Å². The van der Waals surface area contributed by atoms with Gasteiger partial charge in [0.2, 0.25) is 0 Å². The van der Waals surface area contributed by atoms with Gasteiger partial charge in [-0.2, -0.15) is 0 Å². The molecule has 7 heteroatoms. The second-order valence-corrected chi connectivity index (χ2v) is 4.28. The third-order valence-electron chi connectivity index (χ3n) is 1.78. The van der Waals surface area contributed by atoms with Gasteiger partial charge in [-0.15, -0.1) is 0 Å². The van der Waals surface area contributed by atoms with Crippen LogP contribution in [0.2, 0.25) is 0 Å². The molecule has 0 aromatic heterocycles. The first-order valence-electron chi connectivity index (χ1n) is 4.85. The molecule has 0 spiro atoms. The molecular formula is C6H13BO4PS. The van der Waals surface area contributed by atoms with Crippen LogP contribution < -0.4 is 0 Å². The molecule has 3 unspecified atom stereocenters. The van der Waals surface area contributed by atoms with E-state index in [0.29, 0.717) is 6.42 Å². The fraction of sp³-hybridized carbons (Fsp3) is 1.00. The van der Waals surface area contributed by atoms with E-state index in [-0.39, 0.29) is 12.9 Å². The first-order chi connectivity index (χ1) is 7.17. The van der Waals surface area contributed by atoms with Crippen molar-refractivity contribution in [3.63, 3.8) is 0 Å². The number of rotatable bonds is 6. The van der Waals surface area contributed by atoms with Crippen LogP contribution in [0.5, 0.6) is 0 Å². The quantitative estimate of drug-likeness (QED) is 0.397. The molecule has 1 fully saturated rings. The highest BCUT2D eigenvalue weighted by molar-refractivity contribution is 8.53. The summed E-state index contributed by atoms with van der Waals surface area (Å²) in [6, 6.07) is 0. The largest absolute Gasteiger partial charge is 0.390 e. The van der Waals surface area contributed by atoms with E-state index < -0.39 is 19.8 Å². The van der Waals surface area contributed by atoms with Crippen LogP contribution in [0.4, 0.5) is 0 Å². The fourth-order valence-electron chi connectivity index (χ4n) is 1.12. The molecule has 0 aromatic rings. The van der Waals surface area contributed by atoms with E-state index >= 15 is 0 Å². The van der Waals surface area contributed by atoms with Gasteiger partial charge in [-0.1, -0.05) is 7.61 Å². The lowest BCUT2D eigenvalue weighted by Crippen LogP contribution is -2.25. The minimum Gasteiger partial charge on any atom is -0.390 e. The first kappa shape index (κ1) is 8.95. The molecule has 0 saturated carbocycles. The van der Waals surface area contributed by atoms with Gasteiger partial charge in [-0.05, 0) is 1.34 Å². The molecule has 1 heterocycles. The SMILES string of the molecule is [2H]P([B][3H])SOCC1OC(OC)C[C@@H]1O. The molecule has 1 aliphatic rings. The van der Waals surface area contributed by atoms with Gasteiger partial charge in [0.15, 0.2) is 6.29 Å². The van der Waals surface area contributed by atoms with E-state index in [4.69, 9.17) is 16.3 Å². The lowest BCUT2D eigenvalue weighted by Gasteiger charge is -2.13. The van der Waals surface area contributed by atoms with E-state index in [1.807, 2.05) is 0 Å². The van der Waals surface area contributed by atoms with Crippen LogP contribution in [0.3, 0.4) is 0 Å². The number of hydrogen-bond acceptors (Lipinski definition) is 5. The average Bonchev–Trinajstić information content (AvgIpc) is 2.59. The second kappa shape index (κ2) is 6.22. The molecule has 1 aliphatic heterocycles. The summed E-state index contributed by atoms with van der Waals surface area (Å²) in [6.07, 6.45) is -0.932. The Morgan fingerprint density at radius 2 is 2.92 bits per heavy atom. The molecule has 1 N–H and O–H groups in total. The van der Waals surface area contributed by atoms with Crippen molar-refractivity contribution in [3.8, 4) is 0 Å². The number of aliphatic hydroxyl groups is 1. The fourth-order valence-corrected chi connectivity index (χ4v) is 1.74. The maximum absolute atomic E-state index is 9.53. The highest BCUT2D eigenvalue weighted by Gasteiger charge is 2.33. The Bertz CT molecular complexity index is 195. The van der Waals surface area contributed by atoms with Crippen LogP contribution >= 0.6 is 19.3 Å². The number of methoxy groups -OCH3 is 1. The van der Waals surface area contributed by atoms with Crippen molar-refractivity contribution in [1.82, 2.24) is 0 Å². The van der Waals surface area contributed by atoms with Crippen LogP contribution in [0.25, 0.3) is 0 Å². The van der Waals surface area contributed by atoms with E-state index in [1.165, 1.54) is 7.11 Å². The van der Waals surface area contributed by atoms with Gasteiger partial charge in [0.1, 0.15) is 13.6 Å². The van der Waals surface area contributed by atoms with Crippen LogP contribution in [0.15, 0.2) is 0 Å². The molecule has 4 atom stereocenters. The summed E-state index contributed by atoms with van der Waals surface area (Å²) >= 11 is 0.931. The zero-order valence-corrected chi connectivity index (χ0v) is 8.96. The highest BCUT2D eigenvalue weighted by atomic mass is 32.7. The van der Waals surface area contributed by atoms with Crippen molar-refractivity contribution in [2.75, 3.05) is 13.7 Å². The van der Waals surface area contributed by atoms with Crippen molar-refractivity contribution in [3.05, 3.63) is 0 Å². The van der Waals surface area contributed by atoms with Crippen LogP contribution in [0, 0.1) is 0 Å². The normalized spacial score (nSPS) is 38.2. The lowest BCUT2D eigenvalue weighted by atomic mass is 10.2. The number of aliphatic hydroxyl groups excluding tert-OH is 1. The van der Waals surface area contributed by atoms with Crippen molar-refractivity contribution < 1.29 is 18.8 Å². The van der Waals surface area contributed by atoms with Crippen LogP contribution in [-0.2, 0) is 13.7 Å². The first-order valence-corrected chi connectivity index (χ1v) is 6.14. The zero-order chi connectivity index (χ0) is 11.3. The summed E-state index contributed by atoms with van der Waals surface area (Å²) in [7, 11) is 1.24. The Kier molecular flexibility index (Phi) is 4.28. The smallest absolute Gasteiger partial charge is 0.160 e.